The first-order valence-electron chi connectivity index (χ1n) is 3.12. The SMILES string of the molecule is Cc1nc(C(C)(C)O)n[nH]1. The lowest BCUT2D eigenvalue weighted by atomic mass is 10.1. The summed E-state index contributed by atoms with van der Waals surface area (Å²) in [5.74, 6) is 1.15. The number of H-pyrrole nitrogens is 1. The Kier molecular flexibility index (Phi) is 1.48. The number of aromatic amines is 1. The molecule has 1 aromatic rings. The van der Waals surface area contributed by atoms with Crippen LogP contribution >= 0.6 is 0 Å². The molecule has 0 bridgehead atoms. The van der Waals surface area contributed by atoms with Crippen molar-refractivity contribution in [3.8, 4) is 0 Å². The predicted octanol–water partition coefficient (Wildman–Crippen LogP) is 0.341. The molecule has 2 N–H and O–H groups in total. The van der Waals surface area contributed by atoms with Gasteiger partial charge in [0.15, 0.2) is 5.82 Å². The van der Waals surface area contributed by atoms with Crippen LogP contribution in [0.15, 0.2) is 0 Å². The van der Waals surface area contributed by atoms with Crippen LogP contribution in [0.5, 0.6) is 0 Å². The van der Waals surface area contributed by atoms with E-state index in [1.807, 2.05) is 0 Å². The molecule has 0 spiro atoms. The van der Waals surface area contributed by atoms with Gasteiger partial charge in [0, 0.05) is 0 Å². The number of aliphatic hydroxyl groups is 1. The molecule has 4 nitrogen and oxygen atoms in total. The molecule has 0 aliphatic rings. The number of rotatable bonds is 1. The normalized spacial score (nSPS) is 12.0. The summed E-state index contributed by atoms with van der Waals surface area (Å²) in [5.41, 5.74) is -0.940. The van der Waals surface area contributed by atoms with Crippen LogP contribution in [-0.2, 0) is 5.60 Å². The lowest BCUT2D eigenvalue weighted by Gasteiger charge is -2.10. The summed E-state index contributed by atoms with van der Waals surface area (Å²) in [5, 5.41) is 15.8. The second kappa shape index (κ2) is 2.05. The second-order valence-electron chi connectivity index (χ2n) is 2.80. The van der Waals surface area contributed by atoms with E-state index in [1.54, 1.807) is 20.8 Å². The predicted molar refractivity (Wildman–Crippen MR) is 36.4 cm³/mol. The summed E-state index contributed by atoms with van der Waals surface area (Å²) in [7, 11) is 0. The molecule has 0 aromatic carbocycles. The van der Waals surface area contributed by atoms with Gasteiger partial charge in [0.25, 0.3) is 0 Å². The molecular formula is C6H11N3O. The molecule has 0 aliphatic carbocycles. The summed E-state index contributed by atoms with van der Waals surface area (Å²) in [6, 6.07) is 0. The number of nitrogens with zero attached hydrogens (tertiary/aromatic N) is 2. The van der Waals surface area contributed by atoms with Crippen LogP contribution in [0.4, 0.5) is 0 Å². The van der Waals surface area contributed by atoms with Crippen molar-refractivity contribution in [2.45, 2.75) is 26.4 Å². The number of hydrogen-bond donors (Lipinski definition) is 2. The minimum absolute atomic E-state index is 0.435. The van der Waals surface area contributed by atoms with Crippen LogP contribution in [-0.4, -0.2) is 20.3 Å². The van der Waals surface area contributed by atoms with E-state index in [4.69, 9.17) is 0 Å². The fraction of sp³-hybridized carbons (Fsp3) is 0.667. The minimum Gasteiger partial charge on any atom is -0.382 e. The monoisotopic (exact) mass is 141 g/mol. The molecule has 1 rings (SSSR count). The summed E-state index contributed by atoms with van der Waals surface area (Å²) < 4.78 is 0. The van der Waals surface area contributed by atoms with E-state index in [-0.39, 0.29) is 0 Å². The van der Waals surface area contributed by atoms with E-state index in [9.17, 15) is 5.11 Å². The Morgan fingerprint density at radius 2 is 2.10 bits per heavy atom. The third-order valence-corrected chi connectivity index (χ3v) is 1.14. The van der Waals surface area contributed by atoms with Crippen LogP contribution in [0.1, 0.15) is 25.5 Å². The number of aromatic nitrogens is 3. The lowest BCUT2D eigenvalue weighted by Crippen LogP contribution is -2.17. The van der Waals surface area contributed by atoms with Crippen molar-refractivity contribution in [3.63, 3.8) is 0 Å². The molecule has 1 aromatic heterocycles. The topological polar surface area (TPSA) is 61.8 Å². The summed E-state index contributed by atoms with van der Waals surface area (Å²) in [4.78, 5) is 3.97. The molecule has 0 aliphatic heterocycles. The van der Waals surface area contributed by atoms with Gasteiger partial charge >= 0.3 is 0 Å². The molecule has 10 heavy (non-hydrogen) atoms. The Hall–Kier alpha value is -0.900. The summed E-state index contributed by atoms with van der Waals surface area (Å²) >= 11 is 0. The Balaban J connectivity index is 2.96. The molecule has 0 radical (unpaired) electrons. The lowest BCUT2D eigenvalue weighted by molar-refractivity contribution is 0.0691. The van der Waals surface area contributed by atoms with Crippen molar-refractivity contribution < 1.29 is 5.11 Å². The van der Waals surface area contributed by atoms with E-state index >= 15 is 0 Å². The number of hydrogen-bond acceptors (Lipinski definition) is 3. The van der Waals surface area contributed by atoms with Gasteiger partial charge in [-0.05, 0) is 20.8 Å². The van der Waals surface area contributed by atoms with Crippen LogP contribution in [0.2, 0.25) is 0 Å². The zero-order chi connectivity index (χ0) is 7.78. The molecule has 0 atom stereocenters. The zero-order valence-electron chi connectivity index (χ0n) is 6.34. The average Bonchev–Trinajstić information content (AvgIpc) is 2.11. The second-order valence-corrected chi connectivity index (χ2v) is 2.80. The number of nitrogens with one attached hydrogen (secondary N) is 1. The van der Waals surface area contributed by atoms with Gasteiger partial charge in [0.2, 0.25) is 0 Å². The highest BCUT2D eigenvalue weighted by Crippen LogP contribution is 2.13. The van der Waals surface area contributed by atoms with Gasteiger partial charge in [-0.15, -0.1) is 0 Å². The minimum atomic E-state index is -0.940. The Labute approximate surface area is 59.3 Å². The van der Waals surface area contributed by atoms with Crippen LogP contribution < -0.4 is 0 Å². The Morgan fingerprint density at radius 3 is 2.30 bits per heavy atom. The summed E-state index contributed by atoms with van der Waals surface area (Å²) in [6.45, 7) is 5.09. The third-order valence-electron chi connectivity index (χ3n) is 1.14. The van der Waals surface area contributed by atoms with Crippen molar-refractivity contribution in [2.75, 3.05) is 0 Å². The maximum absolute atomic E-state index is 9.36. The van der Waals surface area contributed by atoms with Gasteiger partial charge in [-0.1, -0.05) is 0 Å². The fourth-order valence-electron chi connectivity index (χ4n) is 0.616. The molecule has 4 heteroatoms. The van der Waals surface area contributed by atoms with Crippen LogP contribution in [0.25, 0.3) is 0 Å². The Bertz CT molecular complexity index is 223. The van der Waals surface area contributed by atoms with Crippen molar-refractivity contribution >= 4 is 0 Å². The third kappa shape index (κ3) is 1.33. The first kappa shape index (κ1) is 7.21. The summed E-state index contributed by atoms with van der Waals surface area (Å²) in [6.07, 6.45) is 0. The van der Waals surface area contributed by atoms with E-state index < -0.39 is 5.60 Å². The molecule has 1 heterocycles. The first-order valence-corrected chi connectivity index (χ1v) is 3.12. The largest absolute Gasteiger partial charge is 0.382 e. The standard InChI is InChI=1S/C6H11N3O/c1-4-7-5(9-8-4)6(2,3)10/h10H,1-3H3,(H,7,8,9). The van der Waals surface area contributed by atoms with Gasteiger partial charge in [-0.3, -0.25) is 5.10 Å². The smallest absolute Gasteiger partial charge is 0.181 e. The molecule has 0 fully saturated rings. The maximum atomic E-state index is 9.36. The van der Waals surface area contributed by atoms with Crippen molar-refractivity contribution in [3.05, 3.63) is 11.6 Å². The first-order chi connectivity index (χ1) is 4.50. The van der Waals surface area contributed by atoms with Gasteiger partial charge in [0.1, 0.15) is 11.4 Å². The molecule has 0 saturated heterocycles. The van der Waals surface area contributed by atoms with Crippen LogP contribution in [0, 0.1) is 6.92 Å². The van der Waals surface area contributed by atoms with Crippen molar-refractivity contribution in [2.24, 2.45) is 0 Å². The quantitative estimate of drug-likeness (QED) is 0.592. The molecule has 0 saturated carbocycles. The molecular weight excluding hydrogens is 130 g/mol. The van der Waals surface area contributed by atoms with E-state index in [0.29, 0.717) is 5.82 Å². The zero-order valence-corrected chi connectivity index (χ0v) is 6.34. The molecule has 0 amide bonds. The van der Waals surface area contributed by atoms with Crippen molar-refractivity contribution in [1.29, 1.82) is 0 Å². The molecule has 56 valence electrons. The molecule has 0 unspecified atom stereocenters. The fourth-order valence-corrected chi connectivity index (χ4v) is 0.616. The van der Waals surface area contributed by atoms with Crippen molar-refractivity contribution in [1.82, 2.24) is 15.2 Å². The Morgan fingerprint density at radius 1 is 1.50 bits per heavy atom. The van der Waals surface area contributed by atoms with Gasteiger partial charge in [-0.25, -0.2) is 4.98 Å². The van der Waals surface area contributed by atoms with Gasteiger partial charge in [-0.2, -0.15) is 5.10 Å². The highest BCUT2D eigenvalue weighted by atomic mass is 16.3. The van der Waals surface area contributed by atoms with E-state index in [2.05, 4.69) is 15.2 Å². The maximum Gasteiger partial charge on any atom is 0.181 e. The average molecular weight is 141 g/mol. The highest BCUT2D eigenvalue weighted by molar-refractivity contribution is 4.96. The van der Waals surface area contributed by atoms with Gasteiger partial charge in [0.05, 0.1) is 0 Å². The van der Waals surface area contributed by atoms with E-state index in [0.717, 1.165) is 5.82 Å². The highest BCUT2D eigenvalue weighted by Gasteiger charge is 2.20. The van der Waals surface area contributed by atoms with Gasteiger partial charge < -0.3 is 5.11 Å². The van der Waals surface area contributed by atoms with Crippen LogP contribution in [0.3, 0.4) is 0 Å². The van der Waals surface area contributed by atoms with E-state index in [1.165, 1.54) is 0 Å². The number of aryl methyl sites for hydroxylation is 1.